The van der Waals surface area contributed by atoms with Gasteiger partial charge >= 0.3 is 0 Å². The molecule has 0 atom stereocenters. The van der Waals surface area contributed by atoms with Gasteiger partial charge in [0, 0.05) is 18.5 Å². The Bertz CT molecular complexity index is 1770. The number of carbonyl (C=O) groups is 1. The van der Waals surface area contributed by atoms with E-state index in [1.807, 2.05) is 6.07 Å². The molecule has 3 aromatic carbocycles. The number of hydrogen-bond donors (Lipinski definition) is 2. The highest BCUT2D eigenvalue weighted by molar-refractivity contribution is 7.89. The molecule has 0 unspecified atom stereocenters. The molecule has 12 heteroatoms. The topological polar surface area (TPSA) is 140 Å². The van der Waals surface area contributed by atoms with Crippen LogP contribution in [0.2, 0.25) is 0 Å². The number of sulfonamides is 1. The van der Waals surface area contributed by atoms with Crippen molar-refractivity contribution >= 4 is 32.4 Å². The monoisotopic (exact) mass is 564 g/mol. The average molecular weight is 565 g/mol. The average Bonchev–Trinajstić information content (AvgIpc) is 2.97. The number of hydrogen-bond acceptors (Lipinski definition) is 8. The van der Waals surface area contributed by atoms with Gasteiger partial charge in [0.1, 0.15) is 5.75 Å². The van der Waals surface area contributed by atoms with Gasteiger partial charge in [-0.1, -0.05) is 18.2 Å². The number of nitrogens with one attached hydrogen (secondary N) is 2. The Hall–Kier alpha value is -4.42. The van der Waals surface area contributed by atoms with Crippen molar-refractivity contribution < 1.29 is 27.4 Å². The third-order valence-electron chi connectivity index (χ3n) is 6.87. The number of anilines is 1. The highest BCUT2D eigenvalue weighted by Gasteiger charge is 2.30. The summed E-state index contributed by atoms with van der Waals surface area (Å²) < 4.78 is 44.8. The minimum absolute atomic E-state index is 0.0140. The Kier molecular flexibility index (Phi) is 7.46. The van der Waals surface area contributed by atoms with Crippen molar-refractivity contribution in [2.75, 3.05) is 33.2 Å². The van der Waals surface area contributed by atoms with Crippen molar-refractivity contribution in [1.29, 1.82) is 0 Å². The van der Waals surface area contributed by atoms with Gasteiger partial charge in [0.05, 0.1) is 49.4 Å². The first-order valence-corrected chi connectivity index (χ1v) is 13.9. The van der Waals surface area contributed by atoms with Crippen molar-refractivity contribution in [3.05, 3.63) is 81.8 Å². The van der Waals surface area contributed by atoms with Crippen LogP contribution in [0.5, 0.6) is 17.2 Å². The largest absolute Gasteiger partial charge is 0.495 e. The zero-order valence-electron chi connectivity index (χ0n) is 22.2. The van der Waals surface area contributed by atoms with Crippen LogP contribution < -0.4 is 25.1 Å². The second kappa shape index (κ2) is 11.0. The van der Waals surface area contributed by atoms with E-state index in [1.165, 1.54) is 36.7 Å². The van der Waals surface area contributed by atoms with Crippen molar-refractivity contribution in [2.45, 2.75) is 24.3 Å². The summed E-state index contributed by atoms with van der Waals surface area (Å²) in [5, 5.41) is 10.2. The minimum Gasteiger partial charge on any atom is -0.495 e. The van der Waals surface area contributed by atoms with Gasteiger partial charge in [-0.2, -0.15) is 9.40 Å². The Balaban J connectivity index is 1.40. The van der Waals surface area contributed by atoms with E-state index in [0.717, 1.165) is 11.1 Å². The lowest BCUT2D eigenvalue weighted by Crippen LogP contribution is -2.36. The molecule has 208 valence electrons. The maximum absolute atomic E-state index is 13.7. The van der Waals surface area contributed by atoms with Crippen LogP contribution in [-0.2, 0) is 34.2 Å². The van der Waals surface area contributed by atoms with Gasteiger partial charge in [0.25, 0.3) is 5.56 Å². The van der Waals surface area contributed by atoms with Crippen molar-refractivity contribution in [2.24, 2.45) is 0 Å². The predicted octanol–water partition coefficient (Wildman–Crippen LogP) is 2.88. The molecule has 0 fully saturated rings. The molecule has 0 spiro atoms. The first-order valence-electron chi connectivity index (χ1n) is 12.4. The fourth-order valence-electron chi connectivity index (χ4n) is 4.81. The zero-order valence-corrected chi connectivity index (χ0v) is 23.0. The van der Waals surface area contributed by atoms with E-state index in [9.17, 15) is 18.0 Å². The van der Waals surface area contributed by atoms with Gasteiger partial charge in [-0.15, -0.1) is 0 Å². The molecule has 1 aromatic heterocycles. The van der Waals surface area contributed by atoms with Gasteiger partial charge in [-0.25, -0.2) is 13.5 Å². The van der Waals surface area contributed by atoms with Crippen LogP contribution in [-0.4, -0.2) is 56.7 Å². The predicted molar refractivity (Wildman–Crippen MR) is 149 cm³/mol. The first kappa shape index (κ1) is 27.2. The van der Waals surface area contributed by atoms with E-state index in [4.69, 9.17) is 14.2 Å². The molecule has 11 nitrogen and oxygen atoms in total. The number of rotatable bonds is 8. The summed E-state index contributed by atoms with van der Waals surface area (Å²) in [6.45, 7) is 0.445. The normalized spacial score (nSPS) is 13.5. The number of aromatic nitrogens is 2. The molecule has 40 heavy (non-hydrogen) atoms. The number of aromatic amines is 1. The smallest absolute Gasteiger partial charge is 0.272 e. The van der Waals surface area contributed by atoms with E-state index >= 15 is 0 Å². The Labute approximate surface area is 230 Å². The fourth-order valence-corrected chi connectivity index (χ4v) is 6.26. The molecule has 0 bridgehead atoms. The first-order chi connectivity index (χ1) is 19.2. The van der Waals surface area contributed by atoms with Crippen LogP contribution in [0.1, 0.15) is 16.8 Å². The summed E-state index contributed by atoms with van der Waals surface area (Å²) >= 11 is 0. The fraction of sp³-hybridized carbons (Fsp3) is 0.250. The van der Waals surface area contributed by atoms with Crippen molar-refractivity contribution in [3.8, 4) is 17.2 Å². The summed E-state index contributed by atoms with van der Waals surface area (Å²) in [4.78, 5) is 25.1. The standard InChI is InChI=1S/C28H28N4O7S/c1-37-24-9-8-19(40(35,36)32-11-10-17-12-25(38-2)26(39-3)13-18(17)16-32)14-23(24)29-27(33)15-22-20-6-4-5-7-21(20)28(34)31-30-22/h4-9,12-14H,10-11,15-16H2,1-3H3,(H,29,33)(H,31,34). The summed E-state index contributed by atoms with van der Waals surface area (Å²) in [5.74, 6) is 0.968. The van der Waals surface area contributed by atoms with Crippen LogP contribution in [0.15, 0.2) is 64.3 Å². The molecule has 0 aliphatic carbocycles. The lowest BCUT2D eigenvalue weighted by atomic mass is 10.0. The highest BCUT2D eigenvalue weighted by Crippen LogP contribution is 2.35. The van der Waals surface area contributed by atoms with Gasteiger partial charge in [-0.05, 0) is 53.9 Å². The maximum atomic E-state index is 13.7. The summed E-state index contributed by atoms with van der Waals surface area (Å²) in [6.07, 6.45) is 0.362. The van der Waals surface area contributed by atoms with Crippen LogP contribution in [0.4, 0.5) is 5.69 Å². The molecule has 0 saturated carbocycles. The molecular weight excluding hydrogens is 536 g/mol. The van der Waals surface area contributed by atoms with Crippen molar-refractivity contribution in [1.82, 2.24) is 14.5 Å². The molecule has 0 radical (unpaired) electrons. The summed E-state index contributed by atoms with van der Waals surface area (Å²) in [6, 6.07) is 14.9. The zero-order chi connectivity index (χ0) is 28.4. The minimum atomic E-state index is -3.91. The number of amides is 1. The molecule has 5 rings (SSSR count). The second-order valence-electron chi connectivity index (χ2n) is 9.20. The van der Waals surface area contributed by atoms with E-state index < -0.39 is 15.9 Å². The molecule has 2 heterocycles. The summed E-state index contributed by atoms with van der Waals surface area (Å²) in [5.41, 5.74) is 2.06. The second-order valence-corrected chi connectivity index (χ2v) is 11.1. The van der Waals surface area contributed by atoms with Gasteiger partial charge in [0.15, 0.2) is 11.5 Å². The van der Waals surface area contributed by atoms with Gasteiger partial charge in [0.2, 0.25) is 15.9 Å². The van der Waals surface area contributed by atoms with Crippen LogP contribution in [0, 0.1) is 0 Å². The summed E-state index contributed by atoms with van der Waals surface area (Å²) in [7, 11) is 0.607. The SMILES string of the molecule is COc1ccc(S(=O)(=O)N2CCc3cc(OC)c(OC)cc3C2)cc1NC(=O)Cc1n[nH]c(=O)c2ccccc12. The number of fused-ring (bicyclic) bond motifs is 2. The van der Waals surface area contributed by atoms with Crippen LogP contribution >= 0.6 is 0 Å². The lowest BCUT2D eigenvalue weighted by Gasteiger charge is -2.29. The molecule has 2 N–H and O–H groups in total. The van der Waals surface area contributed by atoms with E-state index in [1.54, 1.807) is 37.4 Å². The number of ether oxygens (including phenoxy) is 3. The molecule has 0 saturated heterocycles. The number of methoxy groups -OCH3 is 3. The van der Waals surface area contributed by atoms with Crippen LogP contribution in [0.3, 0.4) is 0 Å². The van der Waals surface area contributed by atoms with Gasteiger partial charge < -0.3 is 19.5 Å². The van der Waals surface area contributed by atoms with Crippen LogP contribution in [0.25, 0.3) is 10.8 Å². The maximum Gasteiger partial charge on any atom is 0.272 e. The van der Waals surface area contributed by atoms with E-state index in [0.29, 0.717) is 40.1 Å². The third kappa shape index (κ3) is 5.10. The molecule has 1 aliphatic heterocycles. The van der Waals surface area contributed by atoms with Crippen molar-refractivity contribution in [3.63, 3.8) is 0 Å². The quantitative estimate of drug-likeness (QED) is 0.333. The van der Waals surface area contributed by atoms with Gasteiger partial charge in [-0.3, -0.25) is 9.59 Å². The van der Waals surface area contributed by atoms with E-state index in [-0.39, 0.29) is 35.7 Å². The Morgan fingerprint density at radius 1 is 0.950 bits per heavy atom. The van der Waals surface area contributed by atoms with E-state index in [2.05, 4.69) is 15.5 Å². The molecule has 1 amide bonds. The highest BCUT2D eigenvalue weighted by atomic mass is 32.2. The molecular formula is C28H28N4O7S. The number of benzene rings is 3. The molecule has 4 aromatic rings. The number of carbonyl (C=O) groups excluding carboxylic acids is 1. The lowest BCUT2D eigenvalue weighted by molar-refractivity contribution is -0.115. The number of H-pyrrole nitrogens is 1. The Morgan fingerprint density at radius 2 is 1.62 bits per heavy atom. The Morgan fingerprint density at radius 3 is 2.33 bits per heavy atom. The molecule has 1 aliphatic rings. The number of nitrogens with zero attached hydrogens (tertiary/aromatic N) is 2. The third-order valence-corrected chi connectivity index (χ3v) is 8.71.